The predicted octanol–water partition coefficient (Wildman–Crippen LogP) is 2.13. The van der Waals surface area contributed by atoms with E-state index in [1.165, 1.54) is 0 Å². The monoisotopic (exact) mass is 218 g/mol. The minimum atomic E-state index is -0.330. The SMILES string of the molecule is CCOC(=O)c1cnc2c(C)ccc(C)n12. The van der Waals surface area contributed by atoms with Gasteiger partial charge in [0.25, 0.3) is 0 Å². The van der Waals surface area contributed by atoms with Gasteiger partial charge in [-0.1, -0.05) is 6.07 Å². The van der Waals surface area contributed by atoms with Gasteiger partial charge in [0.05, 0.1) is 12.8 Å². The second-order valence-corrected chi connectivity index (χ2v) is 3.68. The van der Waals surface area contributed by atoms with E-state index in [2.05, 4.69) is 4.98 Å². The molecule has 2 heterocycles. The first kappa shape index (κ1) is 10.7. The zero-order valence-corrected chi connectivity index (χ0v) is 9.65. The van der Waals surface area contributed by atoms with Gasteiger partial charge >= 0.3 is 5.97 Å². The number of carbonyl (C=O) groups excluding carboxylic acids is 1. The summed E-state index contributed by atoms with van der Waals surface area (Å²) >= 11 is 0. The lowest BCUT2D eigenvalue weighted by atomic mass is 10.2. The number of ether oxygens (including phenoxy) is 1. The number of hydrogen-bond donors (Lipinski definition) is 0. The molecule has 0 atom stereocenters. The molecule has 0 radical (unpaired) electrons. The Labute approximate surface area is 93.9 Å². The van der Waals surface area contributed by atoms with Crippen molar-refractivity contribution >= 4 is 11.6 Å². The maximum Gasteiger partial charge on any atom is 0.356 e. The van der Waals surface area contributed by atoms with E-state index >= 15 is 0 Å². The Balaban J connectivity index is 2.64. The zero-order valence-electron chi connectivity index (χ0n) is 9.65. The van der Waals surface area contributed by atoms with Crippen LogP contribution in [0.2, 0.25) is 0 Å². The molecule has 0 bridgehead atoms. The molecule has 0 aliphatic heterocycles. The molecular formula is C12H14N2O2. The van der Waals surface area contributed by atoms with Crippen LogP contribution in [0.3, 0.4) is 0 Å². The predicted molar refractivity (Wildman–Crippen MR) is 60.6 cm³/mol. The Hall–Kier alpha value is -1.84. The minimum Gasteiger partial charge on any atom is -0.461 e. The lowest BCUT2D eigenvalue weighted by Gasteiger charge is -2.06. The summed E-state index contributed by atoms with van der Waals surface area (Å²) in [5.74, 6) is -0.330. The van der Waals surface area contributed by atoms with Crippen LogP contribution in [0.4, 0.5) is 0 Å². The van der Waals surface area contributed by atoms with Gasteiger partial charge in [-0.15, -0.1) is 0 Å². The van der Waals surface area contributed by atoms with Gasteiger partial charge in [0.2, 0.25) is 0 Å². The molecule has 0 spiro atoms. The molecule has 0 amide bonds. The van der Waals surface area contributed by atoms with Gasteiger partial charge in [0.15, 0.2) is 5.69 Å². The van der Waals surface area contributed by atoms with Gasteiger partial charge in [0, 0.05) is 5.69 Å². The Bertz CT molecular complexity index is 543. The van der Waals surface area contributed by atoms with E-state index in [1.807, 2.05) is 30.4 Å². The van der Waals surface area contributed by atoms with Crippen LogP contribution in [0, 0.1) is 13.8 Å². The molecular weight excluding hydrogens is 204 g/mol. The molecule has 0 N–H and O–H groups in total. The summed E-state index contributed by atoms with van der Waals surface area (Å²) in [7, 11) is 0. The number of imidazole rings is 1. The lowest BCUT2D eigenvalue weighted by molar-refractivity contribution is 0.0518. The van der Waals surface area contributed by atoms with E-state index < -0.39 is 0 Å². The number of carbonyl (C=O) groups is 1. The third-order valence-electron chi connectivity index (χ3n) is 2.53. The molecule has 4 nitrogen and oxygen atoms in total. The maximum atomic E-state index is 11.7. The number of esters is 1. The second kappa shape index (κ2) is 3.96. The van der Waals surface area contributed by atoms with Crippen molar-refractivity contribution in [3.8, 4) is 0 Å². The Morgan fingerprint density at radius 2 is 2.19 bits per heavy atom. The molecule has 2 aromatic rings. The van der Waals surface area contributed by atoms with E-state index in [0.717, 1.165) is 16.9 Å². The molecule has 4 heteroatoms. The van der Waals surface area contributed by atoms with Crippen LogP contribution in [0.25, 0.3) is 5.65 Å². The normalized spacial score (nSPS) is 10.7. The smallest absolute Gasteiger partial charge is 0.356 e. The quantitative estimate of drug-likeness (QED) is 0.725. The fraction of sp³-hybridized carbons (Fsp3) is 0.333. The molecule has 0 aliphatic carbocycles. The summed E-state index contributed by atoms with van der Waals surface area (Å²) in [6.07, 6.45) is 1.56. The summed E-state index contributed by atoms with van der Waals surface area (Å²) in [6, 6.07) is 3.96. The summed E-state index contributed by atoms with van der Waals surface area (Å²) in [5.41, 5.74) is 3.31. The largest absolute Gasteiger partial charge is 0.461 e. The highest BCUT2D eigenvalue weighted by Crippen LogP contribution is 2.15. The molecule has 0 unspecified atom stereocenters. The fourth-order valence-electron chi connectivity index (χ4n) is 1.73. The Morgan fingerprint density at radius 1 is 1.44 bits per heavy atom. The molecule has 84 valence electrons. The van der Waals surface area contributed by atoms with Crippen molar-refractivity contribution in [1.82, 2.24) is 9.38 Å². The van der Waals surface area contributed by atoms with Crippen LogP contribution >= 0.6 is 0 Å². The molecule has 0 aromatic carbocycles. The van der Waals surface area contributed by atoms with Crippen LogP contribution in [0.1, 0.15) is 28.7 Å². The van der Waals surface area contributed by atoms with Crippen molar-refractivity contribution in [2.45, 2.75) is 20.8 Å². The zero-order chi connectivity index (χ0) is 11.7. The maximum absolute atomic E-state index is 11.7. The highest BCUT2D eigenvalue weighted by Gasteiger charge is 2.15. The van der Waals surface area contributed by atoms with E-state index in [9.17, 15) is 4.79 Å². The first-order chi connectivity index (χ1) is 7.65. The summed E-state index contributed by atoms with van der Waals surface area (Å²) in [6.45, 7) is 6.07. The van der Waals surface area contributed by atoms with Gasteiger partial charge in [-0.3, -0.25) is 4.40 Å². The average Bonchev–Trinajstić information content (AvgIpc) is 2.69. The number of nitrogens with zero attached hydrogens (tertiary/aromatic N) is 2. The van der Waals surface area contributed by atoms with Crippen molar-refractivity contribution in [1.29, 1.82) is 0 Å². The van der Waals surface area contributed by atoms with Crippen molar-refractivity contribution < 1.29 is 9.53 Å². The van der Waals surface area contributed by atoms with Crippen LogP contribution < -0.4 is 0 Å². The van der Waals surface area contributed by atoms with E-state index in [-0.39, 0.29) is 5.97 Å². The molecule has 0 saturated heterocycles. The second-order valence-electron chi connectivity index (χ2n) is 3.68. The van der Waals surface area contributed by atoms with Crippen LogP contribution in [-0.4, -0.2) is 22.0 Å². The summed E-state index contributed by atoms with van der Waals surface area (Å²) in [4.78, 5) is 15.9. The van der Waals surface area contributed by atoms with Crippen LogP contribution in [-0.2, 0) is 4.74 Å². The van der Waals surface area contributed by atoms with Gasteiger partial charge < -0.3 is 4.74 Å². The van der Waals surface area contributed by atoms with E-state index in [4.69, 9.17) is 4.74 Å². The van der Waals surface area contributed by atoms with E-state index in [0.29, 0.717) is 12.3 Å². The van der Waals surface area contributed by atoms with Crippen molar-refractivity contribution in [2.75, 3.05) is 6.61 Å². The number of aryl methyl sites for hydroxylation is 2. The van der Waals surface area contributed by atoms with Gasteiger partial charge in [-0.2, -0.15) is 0 Å². The lowest BCUT2D eigenvalue weighted by Crippen LogP contribution is -2.09. The number of fused-ring (bicyclic) bond motifs is 1. The van der Waals surface area contributed by atoms with Crippen molar-refractivity contribution in [3.05, 3.63) is 35.3 Å². The topological polar surface area (TPSA) is 43.6 Å². The third-order valence-corrected chi connectivity index (χ3v) is 2.53. The number of aromatic nitrogens is 2. The number of rotatable bonds is 2. The standard InChI is InChI=1S/C12H14N2O2/c1-4-16-12(15)10-7-13-11-8(2)5-6-9(3)14(10)11/h5-7H,4H2,1-3H3. The van der Waals surface area contributed by atoms with Gasteiger partial charge in [-0.05, 0) is 32.4 Å². The van der Waals surface area contributed by atoms with Gasteiger partial charge in [-0.25, -0.2) is 9.78 Å². The molecule has 0 aliphatic rings. The average molecular weight is 218 g/mol. The number of hydrogen-bond acceptors (Lipinski definition) is 3. The molecule has 0 saturated carbocycles. The fourth-order valence-corrected chi connectivity index (χ4v) is 1.73. The van der Waals surface area contributed by atoms with Crippen molar-refractivity contribution in [2.24, 2.45) is 0 Å². The first-order valence-electron chi connectivity index (χ1n) is 5.26. The third kappa shape index (κ3) is 1.56. The molecule has 0 fully saturated rings. The molecule has 2 rings (SSSR count). The number of pyridine rings is 1. The van der Waals surface area contributed by atoms with Crippen LogP contribution in [0.15, 0.2) is 18.3 Å². The minimum absolute atomic E-state index is 0.330. The highest BCUT2D eigenvalue weighted by atomic mass is 16.5. The van der Waals surface area contributed by atoms with E-state index in [1.54, 1.807) is 13.1 Å². The first-order valence-corrected chi connectivity index (χ1v) is 5.26. The molecule has 2 aromatic heterocycles. The summed E-state index contributed by atoms with van der Waals surface area (Å²) in [5, 5.41) is 0. The Morgan fingerprint density at radius 3 is 2.88 bits per heavy atom. The molecule has 16 heavy (non-hydrogen) atoms. The highest BCUT2D eigenvalue weighted by molar-refractivity contribution is 5.88. The van der Waals surface area contributed by atoms with Gasteiger partial charge in [0.1, 0.15) is 5.65 Å². The summed E-state index contributed by atoms with van der Waals surface area (Å²) < 4.78 is 6.82. The van der Waals surface area contributed by atoms with Crippen LogP contribution in [0.5, 0.6) is 0 Å². The Kier molecular flexibility index (Phi) is 2.64. The van der Waals surface area contributed by atoms with Crippen molar-refractivity contribution in [3.63, 3.8) is 0 Å².